The number of rotatable bonds is 7. The molecule has 7 heteroatoms. The molecule has 0 aliphatic heterocycles. The topological polar surface area (TPSA) is 96.6 Å². The van der Waals surface area contributed by atoms with Crippen LogP contribution >= 0.6 is 0 Å². The fourth-order valence-corrected chi connectivity index (χ4v) is 2.64. The molecule has 2 aromatic carbocycles. The van der Waals surface area contributed by atoms with Gasteiger partial charge in [0.25, 0.3) is 0 Å². The molecule has 0 amide bonds. The second-order valence-corrected chi connectivity index (χ2v) is 5.90. The minimum Gasteiger partial charge on any atom is -0.493 e. The van der Waals surface area contributed by atoms with Crippen molar-refractivity contribution in [2.24, 2.45) is 0 Å². The molecule has 28 heavy (non-hydrogen) atoms. The van der Waals surface area contributed by atoms with Crippen LogP contribution in [0.25, 0.3) is 17.0 Å². The molecule has 144 valence electrons. The number of aromatic nitrogens is 2. The van der Waals surface area contributed by atoms with Crippen molar-refractivity contribution >= 4 is 28.8 Å². The molecule has 0 atom stereocenters. The van der Waals surface area contributed by atoms with Crippen LogP contribution in [-0.2, 0) is 16.1 Å². The summed E-state index contributed by atoms with van der Waals surface area (Å²) in [5, 5.41) is 0.759. The maximum absolute atomic E-state index is 12.0. The summed E-state index contributed by atoms with van der Waals surface area (Å²) in [6.45, 7) is 1.58. The lowest BCUT2D eigenvalue weighted by atomic mass is 10.2. The number of nitrogens with two attached hydrogens (primary N) is 1. The van der Waals surface area contributed by atoms with Crippen LogP contribution in [0.2, 0.25) is 0 Å². The largest absolute Gasteiger partial charge is 0.493 e. The molecule has 3 rings (SSSR count). The number of nitrogen functional groups attached to an aromatic ring is 1. The number of carbonyl (C=O) groups is 1. The highest BCUT2D eigenvalue weighted by Crippen LogP contribution is 2.28. The van der Waals surface area contributed by atoms with E-state index >= 15 is 0 Å². The molecule has 0 saturated heterocycles. The summed E-state index contributed by atoms with van der Waals surface area (Å²) in [6.07, 6.45) is 3.87. The third-order valence-electron chi connectivity index (χ3n) is 3.93. The van der Waals surface area contributed by atoms with Crippen LogP contribution in [0.15, 0.2) is 48.5 Å². The molecule has 0 fully saturated rings. The molecule has 0 spiro atoms. The number of methoxy groups -OCH3 is 1. The summed E-state index contributed by atoms with van der Waals surface area (Å²) >= 11 is 0. The molecule has 0 radical (unpaired) electrons. The van der Waals surface area contributed by atoms with Crippen molar-refractivity contribution < 1.29 is 19.0 Å². The van der Waals surface area contributed by atoms with Gasteiger partial charge in [-0.25, -0.2) is 14.8 Å². The van der Waals surface area contributed by atoms with Gasteiger partial charge in [0.05, 0.1) is 12.6 Å². The molecule has 7 nitrogen and oxygen atoms in total. The first kappa shape index (κ1) is 19.2. The quantitative estimate of drug-likeness (QED) is 0.629. The molecule has 1 heterocycles. The zero-order valence-corrected chi connectivity index (χ0v) is 15.7. The van der Waals surface area contributed by atoms with Crippen molar-refractivity contribution in [1.82, 2.24) is 9.97 Å². The Hall–Kier alpha value is -3.61. The fraction of sp³-hybridized carbons (Fsp3) is 0.190. The van der Waals surface area contributed by atoms with Crippen LogP contribution in [0.1, 0.15) is 18.3 Å². The van der Waals surface area contributed by atoms with Gasteiger partial charge in [0, 0.05) is 5.39 Å². The first-order chi connectivity index (χ1) is 13.6. The minimum absolute atomic E-state index is 0.0887. The van der Waals surface area contributed by atoms with Gasteiger partial charge in [-0.3, -0.25) is 0 Å². The fourth-order valence-electron chi connectivity index (χ4n) is 2.64. The van der Waals surface area contributed by atoms with E-state index in [1.54, 1.807) is 13.2 Å². The van der Waals surface area contributed by atoms with E-state index < -0.39 is 5.97 Å². The lowest BCUT2D eigenvalue weighted by molar-refractivity contribution is -0.147. The van der Waals surface area contributed by atoms with Gasteiger partial charge in [0.15, 0.2) is 30.5 Å². The molecule has 0 aliphatic rings. The Morgan fingerprint density at radius 3 is 2.75 bits per heavy atom. The molecule has 1 aromatic heterocycles. The Morgan fingerprint density at radius 1 is 1.14 bits per heavy atom. The molecular weight excluding hydrogens is 358 g/mol. The maximum atomic E-state index is 12.0. The van der Waals surface area contributed by atoms with Gasteiger partial charge in [-0.2, -0.15) is 0 Å². The average molecular weight is 379 g/mol. The second-order valence-electron chi connectivity index (χ2n) is 5.90. The normalized spacial score (nSPS) is 10.9. The number of benzene rings is 2. The van der Waals surface area contributed by atoms with E-state index in [4.69, 9.17) is 19.9 Å². The summed E-state index contributed by atoms with van der Waals surface area (Å²) < 4.78 is 16.0. The lowest BCUT2D eigenvalue weighted by Gasteiger charge is -2.11. The Kier molecular flexibility index (Phi) is 6.06. The van der Waals surface area contributed by atoms with E-state index in [1.165, 1.54) is 0 Å². The van der Waals surface area contributed by atoms with E-state index in [0.717, 1.165) is 10.9 Å². The lowest BCUT2D eigenvalue weighted by Crippen LogP contribution is -2.16. The number of allylic oxidation sites excluding steroid dienone is 1. The van der Waals surface area contributed by atoms with Gasteiger partial charge < -0.3 is 19.9 Å². The third kappa shape index (κ3) is 4.56. The smallest absolute Gasteiger partial charge is 0.344 e. The van der Waals surface area contributed by atoms with Gasteiger partial charge in [-0.05, 0) is 36.8 Å². The highest BCUT2D eigenvalue weighted by molar-refractivity contribution is 5.87. The second kappa shape index (κ2) is 8.85. The highest BCUT2D eigenvalue weighted by Gasteiger charge is 2.11. The number of hydrogen-bond donors (Lipinski definition) is 1. The van der Waals surface area contributed by atoms with Crippen molar-refractivity contribution in [2.45, 2.75) is 13.5 Å². The first-order valence-corrected chi connectivity index (χ1v) is 8.71. The van der Waals surface area contributed by atoms with Crippen LogP contribution in [-0.4, -0.2) is 29.7 Å². The standard InChI is InChI=1S/C21H21N3O4/c1-3-6-14-9-10-17(18(11-14)26-2)27-13-20(25)28-12-19-23-16-8-5-4-7-15(16)21(22)24-19/h3-11H,12-13H2,1-2H3,(H2,22,23,24)/b6-3+. The Bertz CT molecular complexity index is 1020. The maximum Gasteiger partial charge on any atom is 0.344 e. The van der Waals surface area contributed by atoms with Crippen LogP contribution in [0.5, 0.6) is 11.5 Å². The summed E-state index contributed by atoms with van der Waals surface area (Å²) in [5.41, 5.74) is 7.60. The number of ether oxygens (including phenoxy) is 3. The third-order valence-corrected chi connectivity index (χ3v) is 3.93. The number of esters is 1. The van der Waals surface area contributed by atoms with Crippen LogP contribution < -0.4 is 15.2 Å². The van der Waals surface area contributed by atoms with Crippen molar-refractivity contribution in [2.75, 3.05) is 19.5 Å². The number of nitrogens with zero attached hydrogens (tertiary/aromatic N) is 2. The SMILES string of the molecule is C/C=C/c1ccc(OCC(=O)OCc2nc(N)c3ccccc3n2)c(OC)c1. The van der Waals surface area contributed by atoms with E-state index in [2.05, 4.69) is 9.97 Å². The number of anilines is 1. The Morgan fingerprint density at radius 2 is 1.96 bits per heavy atom. The van der Waals surface area contributed by atoms with E-state index in [-0.39, 0.29) is 13.2 Å². The molecule has 2 N–H and O–H groups in total. The molecule has 0 bridgehead atoms. The van der Waals surface area contributed by atoms with Crippen molar-refractivity contribution in [1.29, 1.82) is 0 Å². The van der Waals surface area contributed by atoms with Crippen LogP contribution in [0.3, 0.4) is 0 Å². The van der Waals surface area contributed by atoms with E-state index in [1.807, 2.05) is 55.5 Å². The minimum atomic E-state index is -0.546. The number of hydrogen-bond acceptors (Lipinski definition) is 7. The predicted molar refractivity (Wildman–Crippen MR) is 107 cm³/mol. The number of para-hydroxylation sites is 1. The molecule has 0 aliphatic carbocycles. The van der Waals surface area contributed by atoms with Gasteiger partial charge in [-0.15, -0.1) is 0 Å². The van der Waals surface area contributed by atoms with E-state index in [9.17, 15) is 4.79 Å². The Labute approximate surface area is 162 Å². The highest BCUT2D eigenvalue weighted by atomic mass is 16.6. The molecule has 0 saturated carbocycles. The van der Waals surface area contributed by atoms with Crippen LogP contribution in [0.4, 0.5) is 5.82 Å². The number of carbonyl (C=O) groups excluding carboxylic acids is 1. The summed E-state index contributed by atoms with van der Waals surface area (Å²) in [5.74, 6) is 1.12. The average Bonchev–Trinajstić information content (AvgIpc) is 2.71. The van der Waals surface area contributed by atoms with E-state index in [0.29, 0.717) is 28.7 Å². The zero-order valence-electron chi connectivity index (χ0n) is 15.7. The summed E-state index contributed by atoms with van der Waals surface area (Å²) in [4.78, 5) is 20.5. The Balaban J connectivity index is 1.59. The number of fused-ring (bicyclic) bond motifs is 1. The molecule has 0 unspecified atom stereocenters. The molecule has 3 aromatic rings. The summed E-state index contributed by atoms with van der Waals surface area (Å²) in [6, 6.07) is 12.8. The van der Waals surface area contributed by atoms with Gasteiger partial charge in [0.2, 0.25) is 0 Å². The molecular formula is C21H21N3O4. The van der Waals surface area contributed by atoms with Crippen LogP contribution in [0, 0.1) is 0 Å². The first-order valence-electron chi connectivity index (χ1n) is 8.71. The van der Waals surface area contributed by atoms with Gasteiger partial charge in [0.1, 0.15) is 5.82 Å². The van der Waals surface area contributed by atoms with Gasteiger partial charge >= 0.3 is 5.97 Å². The summed E-state index contributed by atoms with van der Waals surface area (Å²) in [7, 11) is 1.54. The predicted octanol–water partition coefficient (Wildman–Crippen LogP) is 3.38. The monoisotopic (exact) mass is 379 g/mol. The zero-order chi connectivity index (χ0) is 19.9. The van der Waals surface area contributed by atoms with Gasteiger partial charge in [-0.1, -0.05) is 30.4 Å². The van der Waals surface area contributed by atoms with Crippen molar-refractivity contribution in [3.8, 4) is 11.5 Å². The van der Waals surface area contributed by atoms with Crippen molar-refractivity contribution in [3.63, 3.8) is 0 Å². The van der Waals surface area contributed by atoms with Crippen molar-refractivity contribution in [3.05, 3.63) is 59.9 Å².